The summed E-state index contributed by atoms with van der Waals surface area (Å²) in [5, 5.41) is 7.18. The van der Waals surface area contributed by atoms with E-state index in [-0.39, 0.29) is 5.54 Å². The summed E-state index contributed by atoms with van der Waals surface area (Å²) in [4.78, 5) is 1.49. The van der Waals surface area contributed by atoms with Gasteiger partial charge in [-0.3, -0.25) is 0 Å². The second-order valence-corrected chi connectivity index (χ2v) is 6.19. The minimum atomic E-state index is 0.176. The monoisotopic (exact) mass is 242 g/mol. The van der Waals surface area contributed by atoms with Crippen molar-refractivity contribution in [3.63, 3.8) is 0 Å². The molecular formula is C11H15ClN2S. The van der Waals surface area contributed by atoms with Gasteiger partial charge in [-0.25, -0.2) is 0 Å². The lowest BCUT2D eigenvalue weighted by atomic mass is 9.81. The van der Waals surface area contributed by atoms with E-state index in [4.69, 9.17) is 11.6 Å². The smallest absolute Gasteiger partial charge is 0.0934 e. The second-order valence-electron chi connectivity index (χ2n) is 4.43. The van der Waals surface area contributed by atoms with E-state index in [0.717, 1.165) is 30.4 Å². The van der Waals surface area contributed by atoms with Crippen LogP contribution in [0.5, 0.6) is 0 Å². The van der Waals surface area contributed by atoms with Gasteiger partial charge in [-0.1, -0.05) is 11.6 Å². The molecule has 2 nitrogen and oxygen atoms in total. The summed E-state index contributed by atoms with van der Waals surface area (Å²) in [5.74, 6) is 0. The number of halogens is 1. The first-order chi connectivity index (χ1) is 7.30. The molecule has 1 unspecified atom stereocenters. The Morgan fingerprint density at radius 1 is 1.40 bits per heavy atom. The number of thiophene rings is 1. The molecule has 1 fully saturated rings. The predicted molar refractivity (Wildman–Crippen MR) is 64.8 cm³/mol. The van der Waals surface area contributed by atoms with Crippen LogP contribution in [0.2, 0.25) is 4.34 Å². The van der Waals surface area contributed by atoms with Crippen LogP contribution >= 0.6 is 22.9 Å². The van der Waals surface area contributed by atoms with Gasteiger partial charge in [0, 0.05) is 18.0 Å². The highest BCUT2D eigenvalue weighted by Crippen LogP contribution is 2.39. The number of rotatable bonds is 0. The van der Waals surface area contributed by atoms with E-state index in [9.17, 15) is 0 Å². The van der Waals surface area contributed by atoms with Gasteiger partial charge >= 0.3 is 0 Å². The molecule has 2 aliphatic heterocycles. The van der Waals surface area contributed by atoms with Gasteiger partial charge in [0.2, 0.25) is 0 Å². The molecule has 0 saturated carbocycles. The maximum absolute atomic E-state index is 6.12. The molecule has 0 aromatic carbocycles. The quantitative estimate of drug-likeness (QED) is 0.729. The summed E-state index contributed by atoms with van der Waals surface area (Å²) in [5.41, 5.74) is 1.63. The minimum absolute atomic E-state index is 0.176. The normalized spacial score (nSPS) is 30.5. The lowest BCUT2D eigenvalue weighted by Crippen LogP contribution is -2.55. The zero-order valence-corrected chi connectivity index (χ0v) is 10.2. The third-order valence-corrected chi connectivity index (χ3v) is 4.82. The molecule has 3 heterocycles. The van der Waals surface area contributed by atoms with Gasteiger partial charge in [-0.15, -0.1) is 11.3 Å². The molecule has 0 amide bonds. The Balaban J connectivity index is 2.03. The first-order valence-electron chi connectivity index (χ1n) is 5.55. The fourth-order valence-electron chi connectivity index (χ4n) is 2.78. The van der Waals surface area contributed by atoms with Crippen molar-refractivity contribution in [2.24, 2.45) is 0 Å². The number of piperidine rings is 1. The van der Waals surface area contributed by atoms with Crippen molar-refractivity contribution in [1.82, 2.24) is 10.6 Å². The van der Waals surface area contributed by atoms with Crippen molar-refractivity contribution in [2.45, 2.75) is 24.8 Å². The van der Waals surface area contributed by atoms with Crippen molar-refractivity contribution in [2.75, 3.05) is 19.6 Å². The van der Waals surface area contributed by atoms with Crippen molar-refractivity contribution < 1.29 is 0 Å². The van der Waals surface area contributed by atoms with E-state index in [1.807, 2.05) is 0 Å². The predicted octanol–water partition coefficient (Wildman–Crippen LogP) is 2.13. The Hall–Kier alpha value is -0.0900. The molecule has 15 heavy (non-hydrogen) atoms. The molecule has 0 radical (unpaired) electrons. The molecule has 1 spiro atoms. The summed E-state index contributed by atoms with van der Waals surface area (Å²) < 4.78 is 0.939. The average molecular weight is 243 g/mol. The molecular weight excluding hydrogens is 228 g/mol. The van der Waals surface area contributed by atoms with Crippen LogP contribution in [0.1, 0.15) is 23.3 Å². The average Bonchev–Trinajstić information content (AvgIpc) is 2.62. The third kappa shape index (κ3) is 1.62. The van der Waals surface area contributed by atoms with Crippen LogP contribution in [0, 0.1) is 0 Å². The SMILES string of the molecule is Clc1cc2c(s1)CCNC21CCCNC1. The summed E-state index contributed by atoms with van der Waals surface area (Å²) in [6, 6.07) is 2.17. The number of hydrogen-bond acceptors (Lipinski definition) is 3. The Kier molecular flexibility index (Phi) is 2.51. The van der Waals surface area contributed by atoms with Crippen LogP contribution in [0.15, 0.2) is 6.07 Å². The number of nitrogens with one attached hydrogen (secondary N) is 2. The molecule has 2 N–H and O–H groups in total. The highest BCUT2D eigenvalue weighted by atomic mass is 35.5. The third-order valence-electron chi connectivity index (χ3n) is 3.49. The van der Waals surface area contributed by atoms with Crippen LogP contribution in [-0.2, 0) is 12.0 Å². The Morgan fingerprint density at radius 2 is 2.33 bits per heavy atom. The maximum Gasteiger partial charge on any atom is 0.0934 e. The molecule has 0 bridgehead atoms. The molecule has 82 valence electrons. The van der Waals surface area contributed by atoms with Crippen molar-refractivity contribution in [3.8, 4) is 0 Å². The van der Waals surface area contributed by atoms with Crippen LogP contribution in [0.3, 0.4) is 0 Å². The fraction of sp³-hybridized carbons (Fsp3) is 0.636. The van der Waals surface area contributed by atoms with Crippen LogP contribution < -0.4 is 10.6 Å². The molecule has 1 atom stereocenters. The summed E-state index contributed by atoms with van der Waals surface area (Å²) in [6.45, 7) is 3.29. The van der Waals surface area contributed by atoms with Crippen molar-refractivity contribution in [1.29, 1.82) is 0 Å². The summed E-state index contributed by atoms with van der Waals surface area (Å²) in [7, 11) is 0. The van der Waals surface area contributed by atoms with Gasteiger partial charge in [0.15, 0.2) is 0 Å². The summed E-state index contributed by atoms with van der Waals surface area (Å²) in [6.07, 6.45) is 3.62. The van der Waals surface area contributed by atoms with Gasteiger partial charge < -0.3 is 10.6 Å². The molecule has 4 heteroatoms. The Labute approximate surface area is 99.0 Å². The van der Waals surface area contributed by atoms with Gasteiger partial charge in [-0.05, 0) is 37.4 Å². The first kappa shape index (κ1) is 10.1. The number of fused-ring (bicyclic) bond motifs is 2. The molecule has 0 aliphatic carbocycles. The zero-order chi connectivity index (χ0) is 10.3. The fourth-order valence-corrected chi connectivity index (χ4v) is 4.15. The van der Waals surface area contributed by atoms with E-state index in [2.05, 4.69) is 16.7 Å². The molecule has 1 saturated heterocycles. The van der Waals surface area contributed by atoms with E-state index in [0.29, 0.717) is 0 Å². The van der Waals surface area contributed by atoms with Gasteiger partial charge in [0.25, 0.3) is 0 Å². The molecule has 3 rings (SSSR count). The topological polar surface area (TPSA) is 24.1 Å². The summed E-state index contributed by atoms with van der Waals surface area (Å²) >= 11 is 7.88. The lowest BCUT2D eigenvalue weighted by molar-refractivity contribution is 0.242. The van der Waals surface area contributed by atoms with Crippen LogP contribution in [0.4, 0.5) is 0 Å². The number of hydrogen-bond donors (Lipinski definition) is 2. The molecule has 1 aromatic rings. The molecule has 1 aromatic heterocycles. The Morgan fingerprint density at radius 3 is 3.13 bits per heavy atom. The highest BCUT2D eigenvalue weighted by Gasteiger charge is 2.38. The first-order valence-corrected chi connectivity index (χ1v) is 6.74. The van der Waals surface area contributed by atoms with Crippen LogP contribution in [0.25, 0.3) is 0 Å². The van der Waals surface area contributed by atoms with Gasteiger partial charge in [0.1, 0.15) is 0 Å². The standard InChI is InChI=1S/C11H15ClN2S/c12-10-6-8-9(15-10)2-5-14-11(8)3-1-4-13-7-11/h6,13-14H,1-5,7H2. The zero-order valence-electron chi connectivity index (χ0n) is 8.61. The van der Waals surface area contributed by atoms with E-state index in [1.165, 1.54) is 23.3 Å². The largest absolute Gasteiger partial charge is 0.315 e. The van der Waals surface area contributed by atoms with Crippen molar-refractivity contribution >= 4 is 22.9 Å². The minimum Gasteiger partial charge on any atom is -0.315 e. The van der Waals surface area contributed by atoms with Crippen LogP contribution in [-0.4, -0.2) is 19.6 Å². The van der Waals surface area contributed by atoms with Crippen molar-refractivity contribution in [3.05, 3.63) is 20.8 Å². The second kappa shape index (κ2) is 3.74. The maximum atomic E-state index is 6.12. The van der Waals surface area contributed by atoms with E-state index in [1.54, 1.807) is 11.3 Å². The molecule has 2 aliphatic rings. The lowest BCUT2D eigenvalue weighted by Gasteiger charge is -2.42. The van der Waals surface area contributed by atoms with Gasteiger partial charge in [0.05, 0.1) is 9.88 Å². The highest BCUT2D eigenvalue weighted by molar-refractivity contribution is 7.16. The Bertz CT molecular complexity index is 369. The van der Waals surface area contributed by atoms with Gasteiger partial charge in [-0.2, -0.15) is 0 Å². The van der Waals surface area contributed by atoms with E-state index >= 15 is 0 Å². The van der Waals surface area contributed by atoms with E-state index < -0.39 is 0 Å².